The van der Waals surface area contributed by atoms with Crippen molar-refractivity contribution in [1.82, 2.24) is 9.97 Å². The number of rotatable bonds is 1. The standard InChI is InChI=1S/C6H4F3N2/c7-6(8,9)3-5-4-10-1-2-11-5/h1-2H,3H2. The molecule has 59 valence electrons. The lowest BCUT2D eigenvalue weighted by molar-refractivity contribution is -0.127. The predicted octanol–water partition coefficient (Wildman–Crippen LogP) is 1.38. The molecule has 0 aliphatic heterocycles. The van der Waals surface area contributed by atoms with Crippen molar-refractivity contribution in [3.63, 3.8) is 0 Å². The van der Waals surface area contributed by atoms with Crippen molar-refractivity contribution in [3.05, 3.63) is 24.3 Å². The number of aromatic nitrogens is 2. The molecule has 1 radical (unpaired) electrons. The van der Waals surface area contributed by atoms with Gasteiger partial charge in [-0.2, -0.15) is 13.2 Å². The van der Waals surface area contributed by atoms with Gasteiger partial charge in [-0.1, -0.05) is 0 Å². The molecule has 0 atom stereocenters. The van der Waals surface area contributed by atoms with E-state index < -0.39 is 12.6 Å². The molecule has 0 N–H and O–H groups in total. The van der Waals surface area contributed by atoms with E-state index in [2.05, 4.69) is 16.2 Å². The van der Waals surface area contributed by atoms with Crippen LogP contribution in [0.4, 0.5) is 13.2 Å². The fraction of sp³-hybridized carbons (Fsp3) is 0.333. The van der Waals surface area contributed by atoms with E-state index in [-0.39, 0.29) is 5.69 Å². The number of halogens is 3. The van der Waals surface area contributed by atoms with Gasteiger partial charge in [0.25, 0.3) is 0 Å². The molecule has 0 aliphatic carbocycles. The summed E-state index contributed by atoms with van der Waals surface area (Å²) in [7, 11) is 0. The van der Waals surface area contributed by atoms with E-state index in [9.17, 15) is 13.2 Å². The highest BCUT2D eigenvalue weighted by Crippen LogP contribution is 2.18. The second kappa shape index (κ2) is 2.86. The SMILES string of the molecule is FC(F)(F)Cc1[c]nccn1. The molecule has 1 aromatic heterocycles. The van der Waals surface area contributed by atoms with Crippen molar-refractivity contribution in [2.24, 2.45) is 0 Å². The van der Waals surface area contributed by atoms with Crippen molar-refractivity contribution in [1.29, 1.82) is 0 Å². The van der Waals surface area contributed by atoms with Crippen LogP contribution in [0.3, 0.4) is 0 Å². The Bertz CT molecular complexity index is 219. The third-order valence-electron chi connectivity index (χ3n) is 0.933. The highest BCUT2D eigenvalue weighted by Gasteiger charge is 2.28. The minimum atomic E-state index is -4.23. The smallest absolute Gasteiger partial charge is 0.257 e. The maximum Gasteiger partial charge on any atom is 0.394 e. The van der Waals surface area contributed by atoms with Gasteiger partial charge in [0.05, 0.1) is 12.1 Å². The molecule has 0 fully saturated rings. The van der Waals surface area contributed by atoms with Crippen LogP contribution >= 0.6 is 0 Å². The largest absolute Gasteiger partial charge is 0.394 e. The predicted molar refractivity (Wildman–Crippen MR) is 30.6 cm³/mol. The molecule has 0 bridgehead atoms. The number of hydrogen-bond acceptors (Lipinski definition) is 2. The van der Waals surface area contributed by atoms with Crippen LogP contribution in [-0.4, -0.2) is 16.1 Å². The van der Waals surface area contributed by atoms with Crippen LogP contribution in [0.15, 0.2) is 12.4 Å². The summed E-state index contributed by atoms with van der Waals surface area (Å²) < 4.78 is 35.0. The molecule has 5 heteroatoms. The van der Waals surface area contributed by atoms with Crippen LogP contribution in [0.5, 0.6) is 0 Å². The normalized spacial score (nSPS) is 11.5. The Kier molecular flexibility index (Phi) is 2.07. The van der Waals surface area contributed by atoms with Gasteiger partial charge in [-0.25, -0.2) is 0 Å². The van der Waals surface area contributed by atoms with Crippen LogP contribution in [-0.2, 0) is 6.42 Å². The van der Waals surface area contributed by atoms with E-state index in [1.54, 1.807) is 0 Å². The minimum Gasteiger partial charge on any atom is -0.257 e. The molecule has 0 saturated carbocycles. The topological polar surface area (TPSA) is 25.8 Å². The number of nitrogens with zero attached hydrogens (tertiary/aromatic N) is 2. The zero-order valence-corrected chi connectivity index (χ0v) is 5.39. The zero-order valence-electron chi connectivity index (χ0n) is 5.39. The van der Waals surface area contributed by atoms with Gasteiger partial charge in [-0.05, 0) is 0 Å². The molecule has 1 rings (SSSR count). The van der Waals surface area contributed by atoms with Gasteiger partial charge in [0.15, 0.2) is 0 Å². The lowest BCUT2D eigenvalue weighted by atomic mass is 10.3. The molecule has 1 heterocycles. The Morgan fingerprint density at radius 2 is 2.09 bits per heavy atom. The lowest BCUT2D eigenvalue weighted by Gasteiger charge is -2.02. The van der Waals surface area contributed by atoms with Crippen LogP contribution in [0.1, 0.15) is 5.69 Å². The van der Waals surface area contributed by atoms with Gasteiger partial charge in [0.1, 0.15) is 6.20 Å². The molecular weight excluding hydrogens is 157 g/mol. The first-order valence-electron chi connectivity index (χ1n) is 2.82. The number of alkyl halides is 3. The summed E-state index contributed by atoms with van der Waals surface area (Å²) in [4.78, 5) is 6.81. The Balaban J connectivity index is 2.66. The molecule has 2 nitrogen and oxygen atoms in total. The Morgan fingerprint density at radius 1 is 1.36 bits per heavy atom. The summed E-state index contributed by atoms with van der Waals surface area (Å²) in [5, 5.41) is 0. The first-order valence-corrected chi connectivity index (χ1v) is 2.82. The van der Waals surface area contributed by atoms with Crippen LogP contribution in [0.25, 0.3) is 0 Å². The van der Waals surface area contributed by atoms with E-state index in [1.807, 2.05) is 0 Å². The van der Waals surface area contributed by atoms with E-state index >= 15 is 0 Å². The van der Waals surface area contributed by atoms with Gasteiger partial charge >= 0.3 is 6.18 Å². The average Bonchev–Trinajstić information content (AvgIpc) is 1.85. The molecule has 0 saturated heterocycles. The van der Waals surface area contributed by atoms with Gasteiger partial charge in [0.2, 0.25) is 0 Å². The average molecular weight is 161 g/mol. The summed E-state index contributed by atoms with van der Waals surface area (Å²) in [5.41, 5.74) is -0.181. The summed E-state index contributed by atoms with van der Waals surface area (Å²) >= 11 is 0. The summed E-state index contributed by atoms with van der Waals surface area (Å²) in [5.74, 6) is 0. The fourth-order valence-corrected chi connectivity index (χ4v) is 0.572. The molecule has 0 spiro atoms. The minimum absolute atomic E-state index is 0.181. The highest BCUT2D eigenvalue weighted by atomic mass is 19.4. The molecule has 1 aromatic rings. The Labute approximate surface area is 61.1 Å². The molecule has 0 aliphatic rings. The lowest BCUT2D eigenvalue weighted by Crippen LogP contribution is -2.12. The monoisotopic (exact) mass is 161 g/mol. The Morgan fingerprint density at radius 3 is 2.55 bits per heavy atom. The van der Waals surface area contributed by atoms with Crippen molar-refractivity contribution < 1.29 is 13.2 Å². The van der Waals surface area contributed by atoms with E-state index in [4.69, 9.17) is 0 Å². The van der Waals surface area contributed by atoms with Gasteiger partial charge in [0, 0.05) is 12.4 Å². The van der Waals surface area contributed by atoms with Crippen molar-refractivity contribution >= 4 is 0 Å². The molecule has 11 heavy (non-hydrogen) atoms. The maximum absolute atomic E-state index is 11.7. The van der Waals surface area contributed by atoms with Gasteiger partial charge in [-0.3, -0.25) is 9.97 Å². The fourth-order valence-electron chi connectivity index (χ4n) is 0.572. The second-order valence-electron chi connectivity index (χ2n) is 1.91. The van der Waals surface area contributed by atoms with Crippen molar-refractivity contribution in [2.75, 3.05) is 0 Å². The van der Waals surface area contributed by atoms with E-state index in [0.29, 0.717) is 0 Å². The second-order valence-corrected chi connectivity index (χ2v) is 1.91. The van der Waals surface area contributed by atoms with Crippen LogP contribution in [0, 0.1) is 6.20 Å². The third-order valence-corrected chi connectivity index (χ3v) is 0.933. The summed E-state index contributed by atoms with van der Waals surface area (Å²) in [6.07, 6.45) is -0.671. The zero-order chi connectivity index (χ0) is 8.32. The maximum atomic E-state index is 11.7. The molecule has 0 aromatic carbocycles. The van der Waals surface area contributed by atoms with Gasteiger partial charge in [-0.15, -0.1) is 0 Å². The first-order chi connectivity index (χ1) is 5.08. The first kappa shape index (κ1) is 7.97. The number of hydrogen-bond donors (Lipinski definition) is 0. The summed E-state index contributed by atoms with van der Waals surface area (Å²) in [6, 6.07) is 0. The summed E-state index contributed by atoms with van der Waals surface area (Å²) in [6.45, 7) is 0. The van der Waals surface area contributed by atoms with E-state index in [1.165, 1.54) is 12.4 Å². The molecule has 0 amide bonds. The Hall–Kier alpha value is -1.13. The highest BCUT2D eigenvalue weighted by molar-refractivity contribution is 4.94. The quantitative estimate of drug-likeness (QED) is 0.621. The van der Waals surface area contributed by atoms with Crippen LogP contribution in [0.2, 0.25) is 0 Å². The van der Waals surface area contributed by atoms with Crippen molar-refractivity contribution in [3.8, 4) is 0 Å². The third kappa shape index (κ3) is 2.97. The van der Waals surface area contributed by atoms with Crippen molar-refractivity contribution in [2.45, 2.75) is 12.6 Å². The molecule has 0 unspecified atom stereocenters. The molecular formula is C6H4F3N2. The van der Waals surface area contributed by atoms with Gasteiger partial charge < -0.3 is 0 Å². The van der Waals surface area contributed by atoms with Crippen LogP contribution < -0.4 is 0 Å². The van der Waals surface area contributed by atoms with E-state index in [0.717, 1.165) is 0 Å².